The van der Waals surface area contributed by atoms with E-state index in [-0.39, 0.29) is 6.04 Å². The molecule has 0 spiro atoms. The van der Waals surface area contributed by atoms with Crippen molar-refractivity contribution in [3.05, 3.63) is 41.0 Å². The van der Waals surface area contributed by atoms with Crippen molar-refractivity contribution in [1.29, 1.82) is 0 Å². The maximum absolute atomic E-state index is 5.87. The van der Waals surface area contributed by atoms with E-state index in [9.17, 15) is 0 Å². The standard InChI is InChI=1S/C17H23ClN4O2/c1-13(17-19-14(2)20-24-17)22-9-7-21(8-10-22)11-12-23-16-5-3-15(18)4-6-16/h3-6,13H,7-12H2,1-2H3/t13-/m0/s1. The van der Waals surface area contributed by atoms with Crippen LogP contribution in [0.1, 0.15) is 24.7 Å². The van der Waals surface area contributed by atoms with Gasteiger partial charge in [-0.25, -0.2) is 0 Å². The fourth-order valence-electron chi connectivity index (χ4n) is 2.84. The Hall–Kier alpha value is -1.63. The molecule has 0 radical (unpaired) electrons. The van der Waals surface area contributed by atoms with Crippen LogP contribution in [0.4, 0.5) is 0 Å². The smallest absolute Gasteiger partial charge is 0.243 e. The van der Waals surface area contributed by atoms with Gasteiger partial charge in [-0.05, 0) is 38.1 Å². The Kier molecular flexibility index (Phi) is 5.71. The number of piperazine rings is 1. The molecule has 2 aromatic rings. The number of hydrogen-bond donors (Lipinski definition) is 0. The first-order valence-corrected chi connectivity index (χ1v) is 8.64. The minimum atomic E-state index is 0.165. The van der Waals surface area contributed by atoms with E-state index in [0.29, 0.717) is 18.3 Å². The van der Waals surface area contributed by atoms with Gasteiger partial charge < -0.3 is 9.26 Å². The molecule has 0 aliphatic carbocycles. The van der Waals surface area contributed by atoms with Gasteiger partial charge >= 0.3 is 0 Å². The lowest BCUT2D eigenvalue weighted by molar-refractivity contribution is 0.0800. The van der Waals surface area contributed by atoms with Crippen molar-refractivity contribution in [3.63, 3.8) is 0 Å². The molecule has 0 N–H and O–H groups in total. The summed E-state index contributed by atoms with van der Waals surface area (Å²) in [6.45, 7) is 9.57. The van der Waals surface area contributed by atoms with E-state index < -0.39 is 0 Å². The highest BCUT2D eigenvalue weighted by atomic mass is 35.5. The third kappa shape index (κ3) is 4.47. The third-order valence-electron chi connectivity index (χ3n) is 4.35. The summed E-state index contributed by atoms with van der Waals surface area (Å²) in [5, 5.41) is 4.60. The molecule has 1 aromatic carbocycles. The molecule has 1 saturated heterocycles. The fraction of sp³-hybridized carbons (Fsp3) is 0.529. The largest absolute Gasteiger partial charge is 0.492 e. The van der Waals surface area contributed by atoms with E-state index in [4.69, 9.17) is 20.9 Å². The summed E-state index contributed by atoms with van der Waals surface area (Å²) in [5.74, 6) is 2.25. The summed E-state index contributed by atoms with van der Waals surface area (Å²) in [5.41, 5.74) is 0. The van der Waals surface area contributed by atoms with E-state index in [1.807, 2.05) is 31.2 Å². The second-order valence-electron chi connectivity index (χ2n) is 6.04. The molecule has 6 nitrogen and oxygen atoms in total. The maximum Gasteiger partial charge on any atom is 0.243 e. The summed E-state index contributed by atoms with van der Waals surface area (Å²) in [6, 6.07) is 7.65. The maximum atomic E-state index is 5.87. The quantitative estimate of drug-likeness (QED) is 0.798. The van der Waals surface area contributed by atoms with Gasteiger partial charge in [0.1, 0.15) is 12.4 Å². The van der Waals surface area contributed by atoms with Gasteiger partial charge in [-0.3, -0.25) is 9.80 Å². The summed E-state index contributed by atoms with van der Waals surface area (Å²) in [7, 11) is 0. The molecule has 1 fully saturated rings. The molecule has 0 saturated carbocycles. The molecule has 2 heterocycles. The monoisotopic (exact) mass is 350 g/mol. The van der Waals surface area contributed by atoms with Gasteiger partial charge in [0.05, 0.1) is 6.04 Å². The van der Waals surface area contributed by atoms with Crippen molar-refractivity contribution < 1.29 is 9.26 Å². The van der Waals surface area contributed by atoms with Crippen molar-refractivity contribution >= 4 is 11.6 Å². The molecule has 1 aliphatic rings. The number of hydrogen-bond acceptors (Lipinski definition) is 6. The Labute approximate surface area is 147 Å². The zero-order chi connectivity index (χ0) is 16.9. The highest BCUT2D eigenvalue weighted by molar-refractivity contribution is 6.30. The Morgan fingerprint density at radius 2 is 1.92 bits per heavy atom. The molecule has 1 aromatic heterocycles. The second kappa shape index (κ2) is 7.96. The zero-order valence-electron chi connectivity index (χ0n) is 14.1. The molecular weight excluding hydrogens is 328 g/mol. The van der Waals surface area contributed by atoms with Gasteiger partial charge in [-0.2, -0.15) is 4.98 Å². The molecule has 0 unspecified atom stereocenters. The van der Waals surface area contributed by atoms with Crippen LogP contribution >= 0.6 is 11.6 Å². The van der Waals surface area contributed by atoms with Crippen molar-refractivity contribution in [3.8, 4) is 5.75 Å². The molecule has 0 bridgehead atoms. The summed E-state index contributed by atoms with van der Waals surface area (Å²) < 4.78 is 11.0. The van der Waals surface area contributed by atoms with Crippen LogP contribution in [0.3, 0.4) is 0 Å². The normalized spacial score (nSPS) is 17.8. The summed E-state index contributed by atoms with van der Waals surface area (Å²) in [6.07, 6.45) is 0. The number of rotatable bonds is 6. The predicted molar refractivity (Wildman–Crippen MR) is 92.4 cm³/mol. The zero-order valence-corrected chi connectivity index (χ0v) is 14.9. The van der Waals surface area contributed by atoms with Gasteiger partial charge in [-0.1, -0.05) is 16.8 Å². The van der Waals surface area contributed by atoms with Crippen LogP contribution in [0, 0.1) is 6.92 Å². The average molecular weight is 351 g/mol. The van der Waals surface area contributed by atoms with Crippen LogP contribution in [0.5, 0.6) is 5.75 Å². The summed E-state index contributed by atoms with van der Waals surface area (Å²) in [4.78, 5) is 9.13. The van der Waals surface area contributed by atoms with Crippen molar-refractivity contribution in [2.45, 2.75) is 19.9 Å². The lowest BCUT2D eigenvalue weighted by atomic mass is 10.2. The van der Waals surface area contributed by atoms with Crippen LogP contribution in [-0.4, -0.2) is 59.3 Å². The van der Waals surface area contributed by atoms with E-state index in [0.717, 1.165) is 43.5 Å². The number of aromatic nitrogens is 2. The van der Waals surface area contributed by atoms with Gasteiger partial charge in [0.15, 0.2) is 5.82 Å². The molecule has 130 valence electrons. The van der Waals surface area contributed by atoms with Crippen molar-refractivity contribution in [2.75, 3.05) is 39.3 Å². The van der Waals surface area contributed by atoms with E-state index in [2.05, 4.69) is 26.9 Å². The molecular formula is C17H23ClN4O2. The van der Waals surface area contributed by atoms with E-state index >= 15 is 0 Å². The van der Waals surface area contributed by atoms with Crippen LogP contribution in [0.25, 0.3) is 0 Å². The number of aryl methyl sites for hydroxylation is 1. The van der Waals surface area contributed by atoms with Gasteiger partial charge in [0, 0.05) is 37.7 Å². The Bertz CT molecular complexity index is 638. The lowest BCUT2D eigenvalue weighted by Gasteiger charge is -2.36. The minimum Gasteiger partial charge on any atom is -0.492 e. The molecule has 3 rings (SSSR count). The topological polar surface area (TPSA) is 54.6 Å². The number of ether oxygens (including phenoxy) is 1. The number of benzene rings is 1. The van der Waals surface area contributed by atoms with Crippen molar-refractivity contribution in [1.82, 2.24) is 19.9 Å². The summed E-state index contributed by atoms with van der Waals surface area (Å²) >= 11 is 5.87. The van der Waals surface area contributed by atoms with Crippen LogP contribution < -0.4 is 4.74 Å². The fourth-order valence-corrected chi connectivity index (χ4v) is 2.96. The highest BCUT2D eigenvalue weighted by Gasteiger charge is 2.25. The van der Waals surface area contributed by atoms with Crippen molar-refractivity contribution in [2.24, 2.45) is 0 Å². The number of nitrogens with zero attached hydrogens (tertiary/aromatic N) is 4. The average Bonchev–Trinajstić information content (AvgIpc) is 3.03. The van der Waals surface area contributed by atoms with Crippen LogP contribution in [0.15, 0.2) is 28.8 Å². The van der Waals surface area contributed by atoms with Crippen LogP contribution in [-0.2, 0) is 0 Å². The number of halogens is 1. The Morgan fingerprint density at radius 1 is 1.21 bits per heavy atom. The van der Waals surface area contributed by atoms with Gasteiger partial charge in [-0.15, -0.1) is 0 Å². The third-order valence-corrected chi connectivity index (χ3v) is 4.60. The van der Waals surface area contributed by atoms with Gasteiger partial charge in [0.25, 0.3) is 0 Å². The first kappa shape index (κ1) is 17.2. The SMILES string of the molecule is Cc1noc([C@H](C)N2CCN(CCOc3ccc(Cl)cc3)CC2)n1. The van der Waals surface area contributed by atoms with Gasteiger partial charge in [0.2, 0.25) is 5.89 Å². The molecule has 0 amide bonds. The minimum absolute atomic E-state index is 0.165. The Balaban J connectivity index is 1.39. The molecule has 1 atom stereocenters. The molecule has 24 heavy (non-hydrogen) atoms. The van der Waals surface area contributed by atoms with Crippen LogP contribution in [0.2, 0.25) is 5.02 Å². The predicted octanol–water partition coefficient (Wildman–Crippen LogP) is 2.79. The first-order valence-electron chi connectivity index (χ1n) is 8.27. The first-order chi connectivity index (χ1) is 11.6. The molecule has 7 heteroatoms. The van der Waals surface area contributed by atoms with E-state index in [1.165, 1.54) is 0 Å². The lowest BCUT2D eigenvalue weighted by Crippen LogP contribution is -2.48. The Morgan fingerprint density at radius 3 is 2.54 bits per heavy atom. The highest BCUT2D eigenvalue weighted by Crippen LogP contribution is 2.20. The van der Waals surface area contributed by atoms with E-state index in [1.54, 1.807) is 0 Å². The molecule has 1 aliphatic heterocycles. The second-order valence-corrected chi connectivity index (χ2v) is 6.47.